The molecule has 2 aromatic heterocycles. The van der Waals surface area contributed by atoms with Crippen molar-refractivity contribution in [2.75, 3.05) is 33.2 Å². The minimum absolute atomic E-state index is 0.713. The lowest BCUT2D eigenvalue weighted by Crippen LogP contribution is -2.43. The molecule has 1 aliphatic rings. The van der Waals surface area contributed by atoms with E-state index in [9.17, 15) is 0 Å². The van der Waals surface area contributed by atoms with Crippen LogP contribution >= 0.6 is 11.6 Å². The van der Waals surface area contributed by atoms with E-state index in [1.165, 1.54) is 0 Å². The maximum atomic E-state index is 6.13. The van der Waals surface area contributed by atoms with Crippen molar-refractivity contribution in [1.29, 1.82) is 0 Å². The molecule has 1 aliphatic heterocycles. The molecule has 3 heterocycles. The SMILES string of the molecule is CN1CCN(Cc2cn3c(Cl)cccc3n2)CC1. The highest BCUT2D eigenvalue weighted by Gasteiger charge is 2.15. The van der Waals surface area contributed by atoms with Gasteiger partial charge >= 0.3 is 0 Å². The van der Waals surface area contributed by atoms with Crippen LogP contribution in [0.5, 0.6) is 0 Å². The second-order valence-corrected chi connectivity index (χ2v) is 5.28. The van der Waals surface area contributed by atoms with Crippen LogP contribution in [-0.4, -0.2) is 52.4 Å². The molecular formula is C13H17ClN4. The van der Waals surface area contributed by atoms with Gasteiger partial charge in [0.25, 0.3) is 0 Å². The summed E-state index contributed by atoms with van der Waals surface area (Å²) in [7, 11) is 2.17. The first-order chi connectivity index (χ1) is 8.72. The van der Waals surface area contributed by atoms with Crippen molar-refractivity contribution in [2.24, 2.45) is 0 Å². The number of fused-ring (bicyclic) bond motifs is 1. The third-order valence-corrected chi connectivity index (χ3v) is 3.78. The lowest BCUT2D eigenvalue weighted by molar-refractivity contribution is 0.147. The van der Waals surface area contributed by atoms with Gasteiger partial charge in [0.1, 0.15) is 10.8 Å². The number of piperazine rings is 1. The fourth-order valence-electron chi connectivity index (χ4n) is 2.34. The van der Waals surface area contributed by atoms with Crippen LogP contribution in [0.1, 0.15) is 5.69 Å². The van der Waals surface area contributed by atoms with E-state index in [-0.39, 0.29) is 0 Å². The van der Waals surface area contributed by atoms with E-state index in [4.69, 9.17) is 11.6 Å². The van der Waals surface area contributed by atoms with Gasteiger partial charge in [-0.2, -0.15) is 0 Å². The van der Waals surface area contributed by atoms with E-state index in [0.717, 1.165) is 44.1 Å². The van der Waals surface area contributed by atoms with Crippen LogP contribution in [0.2, 0.25) is 5.15 Å². The lowest BCUT2D eigenvalue weighted by Gasteiger charge is -2.31. The first kappa shape index (κ1) is 12.0. The molecule has 0 aromatic carbocycles. The van der Waals surface area contributed by atoms with E-state index in [0.29, 0.717) is 5.15 Å². The maximum absolute atomic E-state index is 6.13. The fraction of sp³-hybridized carbons (Fsp3) is 0.462. The first-order valence-electron chi connectivity index (χ1n) is 6.26. The number of aromatic nitrogens is 2. The highest BCUT2D eigenvalue weighted by atomic mass is 35.5. The van der Waals surface area contributed by atoms with Crippen molar-refractivity contribution in [3.63, 3.8) is 0 Å². The Morgan fingerprint density at radius 3 is 2.72 bits per heavy atom. The summed E-state index contributed by atoms with van der Waals surface area (Å²) in [5, 5.41) is 0.713. The highest BCUT2D eigenvalue weighted by Crippen LogP contribution is 2.15. The molecule has 0 aliphatic carbocycles. The smallest absolute Gasteiger partial charge is 0.138 e. The van der Waals surface area contributed by atoms with Gasteiger partial charge in [-0.05, 0) is 19.2 Å². The summed E-state index contributed by atoms with van der Waals surface area (Å²) in [4.78, 5) is 9.41. The van der Waals surface area contributed by atoms with Gasteiger partial charge in [-0.3, -0.25) is 9.30 Å². The predicted molar refractivity (Wildman–Crippen MR) is 73.0 cm³/mol. The molecule has 0 saturated carbocycles. The fourth-order valence-corrected chi connectivity index (χ4v) is 2.55. The summed E-state index contributed by atoms with van der Waals surface area (Å²) >= 11 is 6.13. The monoisotopic (exact) mass is 264 g/mol. The molecule has 0 atom stereocenters. The Balaban J connectivity index is 1.77. The number of rotatable bonds is 2. The molecule has 5 heteroatoms. The average molecular weight is 265 g/mol. The van der Waals surface area contributed by atoms with Gasteiger partial charge in [0.05, 0.1) is 5.69 Å². The van der Waals surface area contributed by atoms with Crippen LogP contribution in [0.25, 0.3) is 5.65 Å². The zero-order valence-electron chi connectivity index (χ0n) is 10.5. The topological polar surface area (TPSA) is 23.8 Å². The minimum atomic E-state index is 0.713. The van der Waals surface area contributed by atoms with E-state index >= 15 is 0 Å². The molecule has 0 unspecified atom stereocenters. The van der Waals surface area contributed by atoms with Crippen LogP contribution in [0.15, 0.2) is 24.4 Å². The van der Waals surface area contributed by atoms with Gasteiger partial charge in [-0.25, -0.2) is 4.98 Å². The Morgan fingerprint density at radius 1 is 1.22 bits per heavy atom. The molecule has 3 rings (SSSR count). The maximum Gasteiger partial charge on any atom is 0.138 e. The van der Waals surface area contributed by atoms with Crippen LogP contribution in [0, 0.1) is 0 Å². The summed E-state index contributed by atoms with van der Waals surface area (Å²) in [5.41, 5.74) is 2.01. The number of pyridine rings is 1. The zero-order chi connectivity index (χ0) is 12.5. The third kappa shape index (κ3) is 2.36. The van der Waals surface area contributed by atoms with Crippen molar-refractivity contribution >= 4 is 17.2 Å². The van der Waals surface area contributed by atoms with Crippen molar-refractivity contribution < 1.29 is 0 Å². The molecule has 0 spiro atoms. The zero-order valence-corrected chi connectivity index (χ0v) is 11.3. The Kier molecular flexibility index (Phi) is 3.24. The molecule has 0 N–H and O–H groups in total. The van der Waals surface area contributed by atoms with E-state index < -0.39 is 0 Å². The minimum Gasteiger partial charge on any atom is -0.304 e. The standard InChI is InChI=1S/C13H17ClN4/c1-16-5-7-17(8-6-16)9-11-10-18-12(14)3-2-4-13(18)15-11/h2-4,10H,5-9H2,1H3. The molecule has 1 saturated heterocycles. The van der Waals surface area contributed by atoms with E-state index in [2.05, 4.69) is 21.8 Å². The molecule has 96 valence electrons. The van der Waals surface area contributed by atoms with Crippen molar-refractivity contribution in [2.45, 2.75) is 6.54 Å². The van der Waals surface area contributed by atoms with Crippen LogP contribution in [0.4, 0.5) is 0 Å². The number of nitrogens with zero attached hydrogens (tertiary/aromatic N) is 4. The molecule has 0 bridgehead atoms. The number of hydrogen-bond acceptors (Lipinski definition) is 3. The molecule has 0 radical (unpaired) electrons. The average Bonchev–Trinajstić information content (AvgIpc) is 2.76. The lowest BCUT2D eigenvalue weighted by atomic mass is 10.3. The summed E-state index contributed by atoms with van der Waals surface area (Å²) in [6.45, 7) is 5.39. The molecular weight excluding hydrogens is 248 g/mol. The largest absolute Gasteiger partial charge is 0.304 e. The predicted octanol–water partition coefficient (Wildman–Crippen LogP) is 1.74. The van der Waals surface area contributed by atoms with E-state index in [1.807, 2.05) is 28.8 Å². The normalized spacial score (nSPS) is 18.6. The van der Waals surface area contributed by atoms with Gasteiger partial charge in [-0.1, -0.05) is 17.7 Å². The van der Waals surface area contributed by atoms with Crippen LogP contribution in [-0.2, 0) is 6.54 Å². The molecule has 2 aromatic rings. The van der Waals surface area contributed by atoms with Gasteiger partial charge < -0.3 is 4.90 Å². The number of imidazole rings is 1. The van der Waals surface area contributed by atoms with Gasteiger partial charge in [-0.15, -0.1) is 0 Å². The van der Waals surface area contributed by atoms with Gasteiger partial charge in [0.2, 0.25) is 0 Å². The van der Waals surface area contributed by atoms with Crippen molar-refractivity contribution in [3.8, 4) is 0 Å². The highest BCUT2D eigenvalue weighted by molar-refractivity contribution is 6.29. The quantitative estimate of drug-likeness (QED) is 0.772. The van der Waals surface area contributed by atoms with Gasteiger partial charge in [0.15, 0.2) is 0 Å². The van der Waals surface area contributed by atoms with E-state index in [1.54, 1.807) is 0 Å². The van der Waals surface area contributed by atoms with Crippen molar-refractivity contribution in [1.82, 2.24) is 19.2 Å². The van der Waals surface area contributed by atoms with Crippen molar-refractivity contribution in [3.05, 3.63) is 35.2 Å². The summed E-state index contributed by atoms with van der Waals surface area (Å²) in [6, 6.07) is 5.81. The Hall–Kier alpha value is -1.10. The number of likely N-dealkylation sites (N-methyl/N-ethyl adjacent to an activating group) is 1. The first-order valence-corrected chi connectivity index (χ1v) is 6.63. The Labute approximate surface area is 112 Å². The summed E-state index contributed by atoms with van der Waals surface area (Å²) < 4.78 is 1.94. The molecule has 0 amide bonds. The van der Waals surface area contributed by atoms with Crippen LogP contribution in [0.3, 0.4) is 0 Å². The summed E-state index contributed by atoms with van der Waals surface area (Å²) in [6.07, 6.45) is 2.04. The number of hydrogen-bond donors (Lipinski definition) is 0. The van der Waals surface area contributed by atoms with Crippen LogP contribution < -0.4 is 0 Å². The second-order valence-electron chi connectivity index (χ2n) is 4.89. The molecule has 4 nitrogen and oxygen atoms in total. The molecule has 1 fully saturated rings. The summed E-state index contributed by atoms with van der Waals surface area (Å²) in [5.74, 6) is 0. The second kappa shape index (κ2) is 4.88. The Bertz CT molecular complexity index is 543. The number of halogens is 1. The third-order valence-electron chi connectivity index (χ3n) is 3.47. The van der Waals surface area contributed by atoms with Gasteiger partial charge in [0, 0.05) is 38.9 Å². The Morgan fingerprint density at radius 2 is 2.00 bits per heavy atom. The molecule has 18 heavy (non-hydrogen) atoms.